The van der Waals surface area contributed by atoms with Crippen molar-refractivity contribution < 1.29 is 9.53 Å². The molecule has 2 rings (SSSR count). The van der Waals surface area contributed by atoms with E-state index < -0.39 is 5.60 Å². The Labute approximate surface area is 133 Å². The van der Waals surface area contributed by atoms with Crippen LogP contribution in [0.2, 0.25) is 0 Å². The Hall–Kier alpha value is -1.58. The van der Waals surface area contributed by atoms with E-state index in [-0.39, 0.29) is 11.5 Å². The van der Waals surface area contributed by atoms with Crippen molar-refractivity contribution >= 4 is 11.8 Å². The van der Waals surface area contributed by atoms with Crippen LogP contribution in [0, 0.1) is 0 Å². The van der Waals surface area contributed by atoms with E-state index in [1.54, 1.807) is 4.90 Å². The molecule has 4 nitrogen and oxygen atoms in total. The van der Waals surface area contributed by atoms with Crippen LogP contribution in [0.4, 0.5) is 10.5 Å². The van der Waals surface area contributed by atoms with E-state index in [1.807, 2.05) is 27.0 Å². The molecule has 0 unspecified atom stereocenters. The first-order valence-electron chi connectivity index (χ1n) is 8.14. The van der Waals surface area contributed by atoms with Crippen molar-refractivity contribution in [2.45, 2.75) is 71.8 Å². The molecule has 0 spiro atoms. The lowest BCUT2D eigenvalue weighted by molar-refractivity contribution is 0.0579. The normalized spacial score (nSPS) is 16.5. The summed E-state index contributed by atoms with van der Waals surface area (Å²) in [7, 11) is 0. The molecule has 1 aromatic rings. The summed E-state index contributed by atoms with van der Waals surface area (Å²) in [5.74, 6) is 0. The molecule has 0 radical (unpaired) electrons. The summed E-state index contributed by atoms with van der Waals surface area (Å²) in [6.07, 6.45) is 4.87. The minimum atomic E-state index is -0.484. The molecule has 0 saturated carbocycles. The Kier molecular flexibility index (Phi) is 4.50. The van der Waals surface area contributed by atoms with Gasteiger partial charge in [0, 0.05) is 29.4 Å². The van der Waals surface area contributed by atoms with E-state index in [1.165, 1.54) is 0 Å². The molecular formula is C18H28N2O2. The second kappa shape index (κ2) is 5.90. The summed E-state index contributed by atoms with van der Waals surface area (Å²) >= 11 is 0. The third-order valence-electron chi connectivity index (χ3n) is 3.91. The summed E-state index contributed by atoms with van der Waals surface area (Å²) in [5.41, 5.74) is 2.55. The number of unbranched alkanes of at least 4 members (excludes halogenated alkanes) is 1. The van der Waals surface area contributed by atoms with Gasteiger partial charge in [0.2, 0.25) is 0 Å². The number of ether oxygens (including phenoxy) is 1. The predicted molar refractivity (Wildman–Crippen MR) is 89.5 cm³/mol. The third-order valence-corrected chi connectivity index (χ3v) is 3.91. The molecule has 0 aromatic carbocycles. The minimum Gasteiger partial charge on any atom is -0.443 e. The number of carbonyl (C=O) groups is 1. The Balaban J connectivity index is 2.31. The van der Waals surface area contributed by atoms with Crippen LogP contribution in [0.25, 0.3) is 0 Å². The first-order chi connectivity index (χ1) is 10.1. The Bertz CT molecular complexity index is 559. The maximum atomic E-state index is 12.5. The number of fused-ring (bicyclic) bond motifs is 1. The highest BCUT2D eigenvalue weighted by atomic mass is 16.6. The highest BCUT2D eigenvalue weighted by Crippen LogP contribution is 2.41. The molecule has 1 amide bonds. The van der Waals surface area contributed by atoms with Crippen LogP contribution in [0.15, 0.2) is 12.3 Å². The average molecular weight is 304 g/mol. The minimum absolute atomic E-state index is 0.0947. The van der Waals surface area contributed by atoms with Crippen LogP contribution >= 0.6 is 0 Å². The maximum absolute atomic E-state index is 12.5. The summed E-state index contributed by atoms with van der Waals surface area (Å²) < 4.78 is 5.56. The van der Waals surface area contributed by atoms with Gasteiger partial charge in [0.25, 0.3) is 0 Å². The van der Waals surface area contributed by atoms with Crippen molar-refractivity contribution in [2.75, 3.05) is 11.4 Å². The first-order valence-corrected chi connectivity index (χ1v) is 8.14. The molecule has 0 saturated heterocycles. The van der Waals surface area contributed by atoms with Gasteiger partial charge in [-0.1, -0.05) is 27.2 Å². The van der Waals surface area contributed by atoms with Crippen LogP contribution in [-0.2, 0) is 16.6 Å². The lowest BCUT2D eigenvalue weighted by Crippen LogP contribution is -2.38. The molecule has 0 fully saturated rings. The molecule has 1 aromatic heterocycles. The van der Waals surface area contributed by atoms with E-state index in [9.17, 15) is 4.79 Å². The summed E-state index contributed by atoms with van der Waals surface area (Å²) in [6, 6.07) is 2.06. The van der Waals surface area contributed by atoms with Crippen molar-refractivity contribution in [3.63, 3.8) is 0 Å². The summed E-state index contributed by atoms with van der Waals surface area (Å²) in [4.78, 5) is 18.9. The van der Waals surface area contributed by atoms with Gasteiger partial charge in [-0.15, -0.1) is 0 Å². The number of pyridine rings is 1. The number of carbonyl (C=O) groups excluding carboxylic acids is 1. The van der Waals surface area contributed by atoms with Crippen molar-refractivity contribution in [3.8, 4) is 0 Å². The number of anilines is 1. The topological polar surface area (TPSA) is 42.4 Å². The highest BCUT2D eigenvalue weighted by Gasteiger charge is 2.40. The summed E-state index contributed by atoms with van der Waals surface area (Å²) in [5, 5.41) is 0. The molecule has 4 heteroatoms. The fraction of sp³-hybridized carbons (Fsp3) is 0.667. The van der Waals surface area contributed by atoms with E-state index >= 15 is 0 Å². The van der Waals surface area contributed by atoms with Gasteiger partial charge in [-0.2, -0.15) is 0 Å². The van der Waals surface area contributed by atoms with Crippen LogP contribution in [0.3, 0.4) is 0 Å². The molecule has 122 valence electrons. The third kappa shape index (κ3) is 3.60. The smallest absolute Gasteiger partial charge is 0.414 e. The van der Waals surface area contributed by atoms with Gasteiger partial charge < -0.3 is 4.74 Å². The molecule has 1 aliphatic heterocycles. The van der Waals surface area contributed by atoms with E-state index in [2.05, 4.69) is 31.8 Å². The molecule has 0 aliphatic carbocycles. The standard InChI is InChI=1S/C18H28N2O2/c1-7-8-9-13-10-15-14(11-19-13)18(5,6)12-20(15)16(21)22-17(2,3)4/h10-11H,7-9,12H2,1-6H3. The zero-order valence-corrected chi connectivity index (χ0v) is 14.7. The summed E-state index contributed by atoms with van der Waals surface area (Å²) in [6.45, 7) is 12.8. The quantitative estimate of drug-likeness (QED) is 0.828. The first kappa shape index (κ1) is 16.8. The van der Waals surface area contributed by atoms with E-state index in [4.69, 9.17) is 4.74 Å². The van der Waals surface area contributed by atoms with Gasteiger partial charge in [-0.05, 0) is 39.7 Å². The number of hydrogen-bond acceptors (Lipinski definition) is 3. The van der Waals surface area contributed by atoms with Gasteiger partial charge in [-0.25, -0.2) is 4.79 Å². The van der Waals surface area contributed by atoms with Gasteiger partial charge in [-0.3, -0.25) is 9.88 Å². The highest BCUT2D eigenvalue weighted by molar-refractivity contribution is 5.91. The monoisotopic (exact) mass is 304 g/mol. The van der Waals surface area contributed by atoms with Crippen LogP contribution < -0.4 is 4.90 Å². The largest absolute Gasteiger partial charge is 0.443 e. The molecule has 1 aliphatic rings. The molecule has 0 atom stereocenters. The van der Waals surface area contributed by atoms with Crippen LogP contribution in [-0.4, -0.2) is 23.2 Å². The fourth-order valence-electron chi connectivity index (χ4n) is 2.77. The Morgan fingerprint density at radius 3 is 2.68 bits per heavy atom. The SMILES string of the molecule is CCCCc1cc2c(cn1)C(C)(C)CN2C(=O)OC(C)(C)C. The second-order valence-corrected chi connectivity index (χ2v) is 7.75. The lowest BCUT2D eigenvalue weighted by Gasteiger charge is -2.26. The van der Waals surface area contributed by atoms with Gasteiger partial charge in [0.05, 0.1) is 5.69 Å². The predicted octanol–water partition coefficient (Wildman–Crippen LogP) is 4.46. The number of amides is 1. The Morgan fingerprint density at radius 1 is 1.41 bits per heavy atom. The van der Waals surface area contributed by atoms with Crippen molar-refractivity contribution in [2.24, 2.45) is 0 Å². The molecule has 0 N–H and O–H groups in total. The number of aromatic nitrogens is 1. The molecule has 22 heavy (non-hydrogen) atoms. The van der Waals surface area contributed by atoms with Crippen molar-refractivity contribution in [1.82, 2.24) is 4.98 Å². The second-order valence-electron chi connectivity index (χ2n) is 7.75. The zero-order chi connectivity index (χ0) is 16.5. The number of nitrogens with zero attached hydrogens (tertiary/aromatic N) is 2. The maximum Gasteiger partial charge on any atom is 0.414 e. The van der Waals surface area contributed by atoms with Crippen molar-refractivity contribution in [1.29, 1.82) is 0 Å². The van der Waals surface area contributed by atoms with E-state index in [0.717, 1.165) is 36.2 Å². The molecular weight excluding hydrogens is 276 g/mol. The average Bonchev–Trinajstić information content (AvgIpc) is 2.66. The molecule has 2 heterocycles. The number of rotatable bonds is 3. The van der Waals surface area contributed by atoms with Gasteiger partial charge in [0.1, 0.15) is 5.60 Å². The Morgan fingerprint density at radius 2 is 2.09 bits per heavy atom. The fourth-order valence-corrected chi connectivity index (χ4v) is 2.77. The van der Waals surface area contributed by atoms with Gasteiger partial charge in [0.15, 0.2) is 0 Å². The number of aryl methyl sites for hydroxylation is 1. The number of hydrogen-bond donors (Lipinski definition) is 0. The zero-order valence-electron chi connectivity index (χ0n) is 14.7. The van der Waals surface area contributed by atoms with E-state index in [0.29, 0.717) is 6.54 Å². The van der Waals surface area contributed by atoms with Crippen LogP contribution in [0.1, 0.15) is 65.6 Å². The van der Waals surface area contributed by atoms with Gasteiger partial charge >= 0.3 is 6.09 Å². The lowest BCUT2D eigenvalue weighted by atomic mass is 9.88. The van der Waals surface area contributed by atoms with Crippen molar-refractivity contribution in [3.05, 3.63) is 23.5 Å². The van der Waals surface area contributed by atoms with Crippen LogP contribution in [0.5, 0.6) is 0 Å². The molecule has 0 bridgehead atoms.